The molecule has 6 nitrogen and oxygen atoms in total. The van der Waals surface area contributed by atoms with Crippen molar-refractivity contribution in [1.29, 1.82) is 0 Å². The van der Waals surface area contributed by atoms with Crippen molar-refractivity contribution in [2.24, 2.45) is 11.8 Å². The molecule has 7 heteroatoms. The van der Waals surface area contributed by atoms with Crippen molar-refractivity contribution in [3.05, 3.63) is 29.8 Å². The summed E-state index contributed by atoms with van der Waals surface area (Å²) >= 11 is 0. The fourth-order valence-corrected chi connectivity index (χ4v) is 5.86. The third kappa shape index (κ3) is 3.52. The number of hydrogen-bond donors (Lipinski definition) is 1. The van der Waals surface area contributed by atoms with Gasteiger partial charge in [0.1, 0.15) is 0 Å². The molecule has 1 aromatic rings. The SMILES string of the molecule is Cc1ccc(S(=O)(=O)N2CC3(C2)OCCC3CCNC(=O)C2CCC2)cc1. The van der Waals surface area contributed by atoms with Gasteiger partial charge in [0.15, 0.2) is 0 Å². The molecule has 0 radical (unpaired) electrons. The lowest BCUT2D eigenvalue weighted by atomic mass is 9.80. The minimum absolute atomic E-state index is 0.173. The maximum atomic E-state index is 12.8. The number of benzene rings is 1. The molecule has 2 saturated heterocycles. The first-order chi connectivity index (χ1) is 12.9. The largest absolute Gasteiger partial charge is 0.372 e. The summed E-state index contributed by atoms with van der Waals surface area (Å²) in [5, 5.41) is 3.04. The van der Waals surface area contributed by atoms with Crippen molar-refractivity contribution in [2.75, 3.05) is 26.2 Å². The lowest BCUT2D eigenvalue weighted by Crippen LogP contribution is -2.66. The van der Waals surface area contributed by atoms with E-state index in [0.717, 1.165) is 37.7 Å². The van der Waals surface area contributed by atoms with E-state index < -0.39 is 10.0 Å². The van der Waals surface area contributed by atoms with Crippen LogP contribution in [-0.2, 0) is 19.6 Å². The molecule has 3 fully saturated rings. The first kappa shape index (κ1) is 18.9. The van der Waals surface area contributed by atoms with Crippen LogP contribution in [0.4, 0.5) is 0 Å². The van der Waals surface area contributed by atoms with Gasteiger partial charge in [-0.3, -0.25) is 4.79 Å². The lowest BCUT2D eigenvalue weighted by Gasteiger charge is -2.49. The van der Waals surface area contributed by atoms with Crippen LogP contribution in [0.3, 0.4) is 0 Å². The summed E-state index contributed by atoms with van der Waals surface area (Å²) < 4.78 is 33.1. The number of hydrogen-bond acceptors (Lipinski definition) is 4. The zero-order chi connectivity index (χ0) is 19.1. The van der Waals surface area contributed by atoms with Crippen molar-refractivity contribution in [3.63, 3.8) is 0 Å². The van der Waals surface area contributed by atoms with Gasteiger partial charge in [-0.15, -0.1) is 0 Å². The molecule has 148 valence electrons. The fraction of sp³-hybridized carbons (Fsp3) is 0.650. The number of carbonyl (C=O) groups is 1. The Morgan fingerprint density at radius 2 is 1.93 bits per heavy atom. The van der Waals surface area contributed by atoms with Crippen LogP contribution in [0.5, 0.6) is 0 Å². The van der Waals surface area contributed by atoms with E-state index >= 15 is 0 Å². The normalized spacial score (nSPS) is 25.1. The molecule has 0 bridgehead atoms. The van der Waals surface area contributed by atoms with Crippen LogP contribution in [0, 0.1) is 18.8 Å². The maximum Gasteiger partial charge on any atom is 0.243 e. The van der Waals surface area contributed by atoms with E-state index in [1.807, 2.05) is 19.1 Å². The van der Waals surface area contributed by atoms with Crippen molar-refractivity contribution >= 4 is 15.9 Å². The molecule has 2 heterocycles. The van der Waals surface area contributed by atoms with E-state index in [9.17, 15) is 13.2 Å². The van der Waals surface area contributed by atoms with Crippen LogP contribution in [0.1, 0.15) is 37.7 Å². The van der Waals surface area contributed by atoms with Crippen LogP contribution in [0.2, 0.25) is 0 Å². The highest BCUT2D eigenvalue weighted by molar-refractivity contribution is 7.89. The standard InChI is InChI=1S/C20H28N2O4S/c1-15-5-7-18(8-6-15)27(24,25)22-13-20(14-22)17(10-12-26-20)9-11-21-19(23)16-3-2-4-16/h5-8,16-17H,2-4,9-14H2,1H3,(H,21,23). The second-order valence-electron chi connectivity index (χ2n) is 8.19. The van der Waals surface area contributed by atoms with Crippen LogP contribution >= 0.6 is 0 Å². The zero-order valence-electron chi connectivity index (χ0n) is 15.8. The minimum Gasteiger partial charge on any atom is -0.372 e. The Morgan fingerprint density at radius 1 is 1.22 bits per heavy atom. The van der Waals surface area contributed by atoms with E-state index in [1.54, 1.807) is 12.1 Å². The average molecular weight is 393 g/mol. The van der Waals surface area contributed by atoms with Gasteiger partial charge in [0.25, 0.3) is 0 Å². The van der Waals surface area contributed by atoms with Crippen LogP contribution in [-0.4, -0.2) is 50.5 Å². The second kappa shape index (κ2) is 7.18. The predicted molar refractivity (Wildman–Crippen MR) is 102 cm³/mol. The van der Waals surface area contributed by atoms with Crippen molar-refractivity contribution in [2.45, 2.75) is 49.5 Å². The molecule has 1 amide bonds. The smallest absolute Gasteiger partial charge is 0.243 e. The van der Waals surface area contributed by atoms with Gasteiger partial charge in [0, 0.05) is 32.2 Å². The highest BCUT2D eigenvalue weighted by Gasteiger charge is 2.56. The van der Waals surface area contributed by atoms with Gasteiger partial charge in [-0.2, -0.15) is 4.31 Å². The molecule has 1 N–H and O–H groups in total. The van der Waals surface area contributed by atoms with Gasteiger partial charge in [-0.1, -0.05) is 24.1 Å². The number of carbonyl (C=O) groups excluding carboxylic acids is 1. The van der Waals surface area contributed by atoms with Crippen molar-refractivity contribution in [1.82, 2.24) is 9.62 Å². The number of nitrogens with one attached hydrogen (secondary N) is 1. The van der Waals surface area contributed by atoms with Crippen molar-refractivity contribution < 1.29 is 17.9 Å². The molecule has 4 rings (SSSR count). The topological polar surface area (TPSA) is 75.7 Å². The van der Waals surface area contributed by atoms with Gasteiger partial charge < -0.3 is 10.1 Å². The number of sulfonamides is 1. The number of nitrogens with zero attached hydrogens (tertiary/aromatic N) is 1. The summed E-state index contributed by atoms with van der Waals surface area (Å²) in [6.07, 6.45) is 4.94. The van der Waals surface area contributed by atoms with E-state index in [0.29, 0.717) is 37.1 Å². The number of rotatable bonds is 6. The molecule has 1 spiro atoms. The zero-order valence-corrected chi connectivity index (χ0v) is 16.6. The summed E-state index contributed by atoms with van der Waals surface area (Å²) in [7, 11) is -3.46. The quantitative estimate of drug-likeness (QED) is 0.804. The highest BCUT2D eigenvalue weighted by atomic mass is 32.2. The third-order valence-electron chi connectivity index (χ3n) is 6.41. The van der Waals surface area contributed by atoms with Gasteiger partial charge in [0.05, 0.1) is 10.5 Å². The van der Waals surface area contributed by atoms with Gasteiger partial charge in [-0.25, -0.2) is 8.42 Å². The Morgan fingerprint density at radius 3 is 2.56 bits per heavy atom. The summed E-state index contributed by atoms with van der Waals surface area (Å²) in [6, 6.07) is 6.97. The molecule has 0 aromatic heterocycles. The van der Waals surface area contributed by atoms with Crippen LogP contribution < -0.4 is 5.32 Å². The summed E-state index contributed by atoms with van der Waals surface area (Å²) in [5.41, 5.74) is 0.663. The molecular weight excluding hydrogens is 364 g/mol. The Labute approximate surface area is 161 Å². The fourth-order valence-electron chi connectivity index (χ4n) is 4.31. The predicted octanol–water partition coefficient (Wildman–Crippen LogP) is 2.08. The Kier molecular flexibility index (Phi) is 5.03. The van der Waals surface area contributed by atoms with E-state index in [1.165, 1.54) is 4.31 Å². The van der Waals surface area contributed by atoms with E-state index in [-0.39, 0.29) is 17.4 Å². The Bertz CT molecular complexity index is 796. The molecule has 1 aromatic carbocycles. The molecule has 27 heavy (non-hydrogen) atoms. The number of aryl methyl sites for hydroxylation is 1. The summed E-state index contributed by atoms with van der Waals surface area (Å²) in [4.78, 5) is 12.3. The molecule has 1 atom stereocenters. The Balaban J connectivity index is 1.33. The first-order valence-electron chi connectivity index (χ1n) is 9.89. The summed E-state index contributed by atoms with van der Waals surface area (Å²) in [5.74, 6) is 0.674. The first-order valence-corrected chi connectivity index (χ1v) is 11.3. The van der Waals surface area contributed by atoms with Crippen molar-refractivity contribution in [3.8, 4) is 0 Å². The lowest BCUT2D eigenvalue weighted by molar-refractivity contribution is -0.127. The monoisotopic (exact) mass is 392 g/mol. The van der Waals surface area contributed by atoms with E-state index in [2.05, 4.69) is 5.32 Å². The second-order valence-corrected chi connectivity index (χ2v) is 10.1. The molecule has 1 saturated carbocycles. The van der Waals surface area contributed by atoms with Crippen LogP contribution in [0.25, 0.3) is 0 Å². The molecule has 1 unspecified atom stereocenters. The number of amides is 1. The molecule has 1 aliphatic carbocycles. The van der Waals surface area contributed by atoms with Gasteiger partial charge in [0.2, 0.25) is 15.9 Å². The van der Waals surface area contributed by atoms with Gasteiger partial charge >= 0.3 is 0 Å². The number of ether oxygens (including phenoxy) is 1. The highest BCUT2D eigenvalue weighted by Crippen LogP contribution is 2.43. The van der Waals surface area contributed by atoms with Gasteiger partial charge in [-0.05, 0) is 50.7 Å². The maximum absolute atomic E-state index is 12.8. The Hall–Kier alpha value is -1.44. The third-order valence-corrected chi connectivity index (χ3v) is 8.22. The average Bonchev–Trinajstić information content (AvgIpc) is 2.96. The van der Waals surface area contributed by atoms with E-state index in [4.69, 9.17) is 4.74 Å². The van der Waals surface area contributed by atoms with Crippen LogP contribution in [0.15, 0.2) is 29.2 Å². The molecular formula is C20H28N2O4S. The molecule has 3 aliphatic rings. The summed E-state index contributed by atoms with van der Waals surface area (Å²) in [6.45, 7) is 4.07. The molecule has 2 aliphatic heterocycles. The minimum atomic E-state index is -3.46.